The van der Waals surface area contributed by atoms with Crippen molar-refractivity contribution in [2.24, 2.45) is 5.41 Å². The normalized spacial score (nSPS) is 20.3. The summed E-state index contributed by atoms with van der Waals surface area (Å²) in [4.78, 5) is 18.1. The van der Waals surface area contributed by atoms with E-state index in [1.807, 2.05) is 13.8 Å². The van der Waals surface area contributed by atoms with Gasteiger partial charge in [-0.15, -0.1) is 11.3 Å². The van der Waals surface area contributed by atoms with Crippen LogP contribution < -0.4 is 10.1 Å². The molecule has 0 radical (unpaired) electrons. The lowest BCUT2D eigenvalue weighted by atomic mass is 9.72. The molecule has 2 heterocycles. The van der Waals surface area contributed by atoms with Crippen molar-refractivity contribution in [2.75, 3.05) is 19.0 Å². The van der Waals surface area contributed by atoms with E-state index in [2.05, 4.69) is 10.3 Å². The molecule has 260 valence electrons. The number of rotatable bonds is 7. The summed E-state index contributed by atoms with van der Waals surface area (Å²) in [6, 6.07) is 5.13. The number of halogens is 9. The van der Waals surface area contributed by atoms with E-state index >= 15 is 0 Å². The lowest BCUT2D eigenvalue weighted by Gasteiger charge is -2.36. The summed E-state index contributed by atoms with van der Waals surface area (Å²) in [5.41, 5.74) is -2.16. The Morgan fingerprint density at radius 3 is 2.21 bits per heavy atom. The SMILES string of the molecule is COc1ccc(Nc2nc(C(F)(F)F)cs2)cc1C1=C(CN2C(=O)O[C@H](c3cc(C(F)(F)F)cc(C(F)(F)F)c3)[C@@H]2C)CC(C)(C)CC1. The van der Waals surface area contributed by atoms with Gasteiger partial charge >= 0.3 is 24.6 Å². The van der Waals surface area contributed by atoms with Crippen LogP contribution in [-0.2, 0) is 23.3 Å². The third-order valence-corrected chi connectivity index (χ3v) is 9.19. The number of alkyl halides is 9. The second-order valence-electron chi connectivity index (χ2n) is 12.5. The van der Waals surface area contributed by atoms with Crippen molar-refractivity contribution in [3.63, 3.8) is 0 Å². The zero-order valence-electron chi connectivity index (χ0n) is 26.0. The number of nitrogens with zero attached hydrogens (tertiary/aromatic N) is 2. The Hall–Kier alpha value is -3.95. The minimum Gasteiger partial charge on any atom is -0.496 e. The lowest BCUT2D eigenvalue weighted by Crippen LogP contribution is -2.35. The third-order valence-electron chi connectivity index (χ3n) is 8.43. The zero-order chi connectivity index (χ0) is 35.4. The summed E-state index contributed by atoms with van der Waals surface area (Å²) in [7, 11) is 1.45. The molecule has 1 N–H and O–H groups in total. The molecule has 1 aromatic heterocycles. The summed E-state index contributed by atoms with van der Waals surface area (Å²) in [5, 5.41) is 3.79. The summed E-state index contributed by atoms with van der Waals surface area (Å²) in [6.07, 6.45) is -15.3. The molecular formula is C32H30F9N3O3S. The van der Waals surface area contributed by atoms with E-state index in [0.29, 0.717) is 42.0 Å². The molecule has 0 bridgehead atoms. The molecule has 2 aromatic carbocycles. The van der Waals surface area contributed by atoms with E-state index in [0.717, 1.165) is 34.3 Å². The number of aromatic nitrogens is 1. The molecule has 6 nitrogen and oxygen atoms in total. The van der Waals surface area contributed by atoms with Crippen LogP contribution in [0.1, 0.15) is 74.1 Å². The first-order valence-corrected chi connectivity index (χ1v) is 15.5. The van der Waals surface area contributed by atoms with Crippen LogP contribution in [-0.4, -0.2) is 35.7 Å². The van der Waals surface area contributed by atoms with E-state index in [4.69, 9.17) is 9.47 Å². The third kappa shape index (κ3) is 7.52. The molecule has 1 saturated heterocycles. The highest BCUT2D eigenvalue weighted by molar-refractivity contribution is 7.13. The molecule has 0 spiro atoms. The second-order valence-corrected chi connectivity index (χ2v) is 13.4. The molecule has 0 saturated carbocycles. The summed E-state index contributed by atoms with van der Waals surface area (Å²) in [5.74, 6) is 0.446. The lowest BCUT2D eigenvalue weighted by molar-refractivity contribution is -0.143. The van der Waals surface area contributed by atoms with Crippen LogP contribution in [0.5, 0.6) is 5.75 Å². The van der Waals surface area contributed by atoms with Gasteiger partial charge in [0.15, 0.2) is 10.8 Å². The summed E-state index contributed by atoms with van der Waals surface area (Å²) < 4.78 is 132. The van der Waals surface area contributed by atoms with Crippen molar-refractivity contribution in [3.8, 4) is 5.75 Å². The molecule has 2 atom stereocenters. The Labute approximate surface area is 273 Å². The smallest absolute Gasteiger partial charge is 0.434 e. The van der Waals surface area contributed by atoms with Gasteiger partial charge in [0.1, 0.15) is 11.9 Å². The fraction of sp³-hybridized carbons (Fsp3) is 0.438. The van der Waals surface area contributed by atoms with Gasteiger partial charge < -0.3 is 14.8 Å². The Morgan fingerprint density at radius 2 is 1.65 bits per heavy atom. The highest BCUT2D eigenvalue weighted by Crippen LogP contribution is 2.47. The monoisotopic (exact) mass is 707 g/mol. The van der Waals surface area contributed by atoms with E-state index in [9.17, 15) is 44.3 Å². The molecule has 16 heteroatoms. The Kier molecular flexibility index (Phi) is 9.20. The topological polar surface area (TPSA) is 63.7 Å². The predicted octanol–water partition coefficient (Wildman–Crippen LogP) is 10.5. The zero-order valence-corrected chi connectivity index (χ0v) is 26.8. The molecule has 2 aliphatic rings. The summed E-state index contributed by atoms with van der Waals surface area (Å²) in [6.45, 7) is 5.50. The van der Waals surface area contributed by atoms with Gasteiger partial charge in [0.2, 0.25) is 0 Å². The first-order valence-electron chi connectivity index (χ1n) is 14.6. The van der Waals surface area contributed by atoms with Gasteiger partial charge in [0, 0.05) is 23.2 Å². The number of thiazole rings is 1. The molecule has 1 amide bonds. The van der Waals surface area contributed by atoms with E-state index in [-0.39, 0.29) is 23.2 Å². The number of hydrogen-bond donors (Lipinski definition) is 1. The van der Waals surface area contributed by atoms with Crippen molar-refractivity contribution in [2.45, 2.75) is 70.7 Å². The maximum absolute atomic E-state index is 13.6. The summed E-state index contributed by atoms with van der Waals surface area (Å²) >= 11 is 0.779. The molecular weight excluding hydrogens is 677 g/mol. The highest BCUT2D eigenvalue weighted by Gasteiger charge is 2.44. The number of hydrogen-bond acceptors (Lipinski definition) is 6. The van der Waals surface area contributed by atoms with Crippen LogP contribution >= 0.6 is 11.3 Å². The highest BCUT2D eigenvalue weighted by atomic mass is 32.1. The van der Waals surface area contributed by atoms with Crippen molar-refractivity contribution < 1.29 is 53.8 Å². The van der Waals surface area contributed by atoms with Crippen molar-refractivity contribution in [1.29, 1.82) is 0 Å². The minimum atomic E-state index is -5.07. The molecule has 48 heavy (non-hydrogen) atoms. The number of carbonyl (C=O) groups is 1. The molecule has 3 aromatic rings. The van der Waals surface area contributed by atoms with Crippen LogP contribution in [0.3, 0.4) is 0 Å². The van der Waals surface area contributed by atoms with Gasteiger partial charge in [0.05, 0.1) is 24.3 Å². The van der Waals surface area contributed by atoms with Gasteiger partial charge in [-0.05, 0) is 84.7 Å². The number of cyclic esters (lactones) is 1. The maximum atomic E-state index is 13.6. The number of carbonyl (C=O) groups excluding carboxylic acids is 1. The quantitative estimate of drug-likeness (QED) is 0.248. The van der Waals surface area contributed by atoms with Gasteiger partial charge in [0.25, 0.3) is 0 Å². The van der Waals surface area contributed by atoms with Crippen molar-refractivity contribution in [1.82, 2.24) is 9.88 Å². The van der Waals surface area contributed by atoms with E-state index in [1.165, 1.54) is 18.9 Å². The van der Waals surface area contributed by atoms with Crippen LogP contribution in [0.25, 0.3) is 5.57 Å². The molecule has 0 unspecified atom stereocenters. The van der Waals surface area contributed by atoms with Crippen molar-refractivity contribution in [3.05, 3.63) is 75.3 Å². The van der Waals surface area contributed by atoms with E-state index < -0.39 is 59.2 Å². The number of nitrogens with one attached hydrogen (secondary N) is 1. The van der Waals surface area contributed by atoms with Crippen molar-refractivity contribution >= 4 is 33.8 Å². The number of amides is 1. The largest absolute Gasteiger partial charge is 0.496 e. The number of allylic oxidation sites excluding steroid dienone is 1. The molecule has 1 fully saturated rings. The molecule has 5 rings (SSSR count). The second kappa shape index (κ2) is 12.5. The minimum absolute atomic E-state index is 0.0142. The average molecular weight is 708 g/mol. The number of ether oxygens (including phenoxy) is 2. The van der Waals surface area contributed by atoms with E-state index in [1.54, 1.807) is 18.2 Å². The first kappa shape index (κ1) is 35.4. The van der Waals surface area contributed by atoms with Crippen LogP contribution in [0, 0.1) is 5.41 Å². The van der Waals surface area contributed by atoms with Gasteiger partial charge in [-0.25, -0.2) is 9.78 Å². The average Bonchev–Trinajstić information content (AvgIpc) is 3.56. The van der Waals surface area contributed by atoms with Crippen LogP contribution in [0.15, 0.2) is 47.4 Å². The Morgan fingerprint density at radius 1 is 1.00 bits per heavy atom. The van der Waals surface area contributed by atoms with Gasteiger partial charge in [-0.3, -0.25) is 4.90 Å². The number of anilines is 2. The Bertz CT molecular complexity index is 1700. The standard InChI is InChI=1S/C32H30F9N3O3S/c1-16-26(17-9-19(30(33,34)35)11-20(10-17)31(36,37)38)47-28(45)44(16)14-18-13-29(2,3)8-7-22(18)23-12-21(5-6-24(23)46-4)42-27-43-25(15-48-27)32(39,40)41/h5-6,9-12,15-16,26H,7-8,13-14H2,1-4H3,(H,42,43)/t16-,26-/m0/s1. The maximum Gasteiger partial charge on any atom is 0.434 e. The van der Waals surface area contributed by atoms with Gasteiger partial charge in [-0.1, -0.05) is 13.8 Å². The Balaban J connectivity index is 1.50. The number of methoxy groups -OCH3 is 1. The van der Waals surface area contributed by atoms with Crippen LogP contribution in [0.2, 0.25) is 0 Å². The fourth-order valence-electron chi connectivity index (χ4n) is 6.00. The van der Waals surface area contributed by atoms with Crippen LogP contribution in [0.4, 0.5) is 55.1 Å². The number of benzene rings is 2. The first-order chi connectivity index (χ1) is 22.2. The predicted molar refractivity (Wildman–Crippen MR) is 160 cm³/mol. The molecule has 1 aliphatic heterocycles. The molecule has 1 aliphatic carbocycles. The fourth-order valence-corrected chi connectivity index (χ4v) is 6.74. The van der Waals surface area contributed by atoms with Gasteiger partial charge in [-0.2, -0.15) is 39.5 Å².